The van der Waals surface area contributed by atoms with Gasteiger partial charge in [-0.25, -0.2) is 0 Å². The van der Waals surface area contributed by atoms with E-state index in [1.165, 1.54) is 10.9 Å². The number of fused-ring (bicyclic) bond motifs is 1. The van der Waals surface area contributed by atoms with Gasteiger partial charge in [0.15, 0.2) is 0 Å². The number of para-hydroxylation sites is 1. The Balaban J connectivity index is 2.82. The molecule has 1 nitrogen and oxygen atoms in total. The first-order valence-electron chi connectivity index (χ1n) is 3.37. The second kappa shape index (κ2) is 3.59. The summed E-state index contributed by atoms with van der Waals surface area (Å²) in [6.45, 7) is 0. The number of hydrogen-bond acceptors (Lipinski definition) is 1. The molecular weight excluding hydrogens is 349 g/mol. The molecule has 2 aromatic rings. The Labute approximate surface area is 95.4 Å². The second-order valence-corrected chi connectivity index (χ2v) is 4.96. The number of hydrogen-bond donors (Lipinski definition) is 0. The molecule has 62 valence electrons. The van der Waals surface area contributed by atoms with E-state index in [2.05, 4.69) is 71.6 Å². The lowest BCUT2D eigenvalue weighted by Crippen LogP contribution is -1.76. The summed E-state index contributed by atoms with van der Waals surface area (Å²) >= 11 is 5.79. The summed E-state index contributed by atoms with van der Waals surface area (Å²) in [6, 6.07) is 8.34. The van der Waals surface area contributed by atoms with Crippen molar-refractivity contribution >= 4 is 57.2 Å². The van der Waals surface area contributed by atoms with Crippen LogP contribution in [0, 0.1) is 0 Å². The lowest BCUT2D eigenvalue weighted by molar-refractivity contribution is 1.36. The maximum atomic E-state index is 3.52. The molecule has 0 bridgehead atoms. The first-order chi connectivity index (χ1) is 5.83. The van der Waals surface area contributed by atoms with Crippen LogP contribution < -0.4 is 0 Å². The van der Waals surface area contributed by atoms with Gasteiger partial charge in [0.05, 0.1) is 5.52 Å². The topological polar surface area (TPSA) is 4.93 Å². The van der Waals surface area contributed by atoms with Crippen molar-refractivity contribution in [2.24, 2.45) is 0 Å². The summed E-state index contributed by atoms with van der Waals surface area (Å²) < 4.78 is 3.29. The zero-order chi connectivity index (χ0) is 8.55. The highest BCUT2D eigenvalue weighted by Crippen LogP contribution is 2.30. The fraction of sp³-hybridized carbons (Fsp3) is 0. The van der Waals surface area contributed by atoms with E-state index >= 15 is 0 Å². The second-order valence-electron chi connectivity index (χ2n) is 2.39. The Hall–Kier alpha value is 0.320. The van der Waals surface area contributed by atoms with Gasteiger partial charge in [0.2, 0.25) is 0 Å². The minimum absolute atomic E-state index is 1.15. The van der Waals surface area contributed by atoms with E-state index in [1.54, 1.807) is 9.12 Å². The molecule has 0 saturated heterocycles. The first-order valence-corrected chi connectivity index (χ1v) is 7.48. The van der Waals surface area contributed by atoms with Crippen LogP contribution in [-0.4, -0.2) is 3.97 Å². The summed E-state index contributed by atoms with van der Waals surface area (Å²) in [6.07, 6.45) is 2.09. The Morgan fingerprint density at radius 1 is 1.33 bits per heavy atom. The van der Waals surface area contributed by atoms with Gasteiger partial charge < -0.3 is 0 Å². The van der Waals surface area contributed by atoms with Crippen molar-refractivity contribution < 1.29 is 0 Å². The van der Waals surface area contributed by atoms with Gasteiger partial charge in [-0.15, -0.1) is 0 Å². The van der Waals surface area contributed by atoms with Crippen LogP contribution in [0.15, 0.2) is 34.9 Å². The molecule has 0 unspecified atom stereocenters. The molecule has 0 amide bonds. The maximum Gasteiger partial charge on any atom is 0.0610 e. The molecular formula is C8H5BrINS. The van der Waals surface area contributed by atoms with E-state index in [4.69, 9.17) is 0 Å². The van der Waals surface area contributed by atoms with Gasteiger partial charge in [0.1, 0.15) is 0 Å². The van der Waals surface area contributed by atoms with Gasteiger partial charge in [0, 0.05) is 46.4 Å². The summed E-state index contributed by atoms with van der Waals surface area (Å²) in [4.78, 5) is 0. The predicted octanol–water partition coefficient (Wildman–Crippen LogP) is 4.25. The lowest BCUT2D eigenvalue weighted by atomic mass is 10.3. The Morgan fingerprint density at radius 3 is 2.83 bits per heavy atom. The number of rotatable bonds is 1. The van der Waals surface area contributed by atoms with Gasteiger partial charge >= 0.3 is 0 Å². The highest BCUT2D eigenvalue weighted by Gasteiger charge is 2.03. The largest absolute Gasteiger partial charge is 0.281 e. The molecule has 0 aliphatic rings. The van der Waals surface area contributed by atoms with Crippen LogP contribution in [0.3, 0.4) is 0 Å². The van der Waals surface area contributed by atoms with Gasteiger partial charge in [-0.2, -0.15) is 0 Å². The molecule has 1 aromatic heterocycles. The number of nitrogens with zero attached hydrogens (tertiary/aromatic N) is 1. The van der Waals surface area contributed by atoms with E-state index in [1.807, 2.05) is 0 Å². The Kier molecular flexibility index (Phi) is 2.66. The first kappa shape index (κ1) is 8.90. The van der Waals surface area contributed by atoms with E-state index < -0.39 is 0 Å². The van der Waals surface area contributed by atoms with Crippen molar-refractivity contribution in [3.8, 4) is 0 Å². The van der Waals surface area contributed by atoms with E-state index in [0.717, 1.165) is 4.47 Å². The van der Waals surface area contributed by atoms with Crippen molar-refractivity contribution in [3.63, 3.8) is 0 Å². The van der Waals surface area contributed by atoms with Crippen LogP contribution in [-0.2, 0) is 0 Å². The summed E-state index contributed by atoms with van der Waals surface area (Å²) in [7, 11) is 1.68. The third kappa shape index (κ3) is 1.40. The van der Waals surface area contributed by atoms with Crippen LogP contribution in [0.4, 0.5) is 0 Å². The van der Waals surface area contributed by atoms with Crippen molar-refractivity contribution in [2.45, 2.75) is 0 Å². The normalized spacial score (nSPS) is 10.8. The number of benzene rings is 1. The van der Waals surface area contributed by atoms with Crippen molar-refractivity contribution in [2.75, 3.05) is 0 Å². The lowest BCUT2D eigenvalue weighted by Gasteiger charge is -1.95. The zero-order valence-corrected chi connectivity index (χ0v) is 10.6. The van der Waals surface area contributed by atoms with Gasteiger partial charge in [-0.05, 0) is 22.0 Å². The monoisotopic (exact) mass is 353 g/mol. The highest BCUT2D eigenvalue weighted by molar-refractivity contribution is 14.2. The van der Waals surface area contributed by atoms with Crippen molar-refractivity contribution in [1.82, 2.24) is 3.97 Å². The maximum absolute atomic E-state index is 3.52. The zero-order valence-electron chi connectivity index (χ0n) is 6.00. The van der Waals surface area contributed by atoms with Crippen LogP contribution in [0.2, 0.25) is 0 Å². The van der Waals surface area contributed by atoms with Crippen LogP contribution >= 0.6 is 46.3 Å². The molecule has 0 fully saturated rings. The van der Waals surface area contributed by atoms with Gasteiger partial charge in [0.25, 0.3) is 0 Å². The molecule has 0 aliphatic carbocycles. The van der Waals surface area contributed by atoms with Crippen molar-refractivity contribution in [1.29, 1.82) is 0 Å². The third-order valence-electron chi connectivity index (χ3n) is 1.70. The van der Waals surface area contributed by atoms with Crippen LogP contribution in [0.25, 0.3) is 10.9 Å². The number of aromatic nitrogens is 1. The quantitative estimate of drug-likeness (QED) is 0.694. The molecule has 1 heterocycles. The van der Waals surface area contributed by atoms with E-state index in [-0.39, 0.29) is 0 Å². The molecule has 2 rings (SSSR count). The van der Waals surface area contributed by atoms with Gasteiger partial charge in [-0.1, -0.05) is 18.2 Å². The summed E-state index contributed by atoms with van der Waals surface area (Å²) in [5.41, 5.74) is 1.25. The van der Waals surface area contributed by atoms with E-state index in [9.17, 15) is 0 Å². The molecule has 12 heavy (non-hydrogen) atoms. The average molecular weight is 354 g/mol. The Bertz CT molecular complexity index is 412. The molecule has 0 radical (unpaired) electrons. The number of halogens is 2. The SMILES string of the molecule is Brc1cn(SI)c2ccccc12. The highest BCUT2D eigenvalue weighted by atomic mass is 127. The Morgan fingerprint density at radius 2 is 2.08 bits per heavy atom. The third-order valence-corrected chi connectivity index (χ3v) is 4.06. The van der Waals surface area contributed by atoms with Crippen molar-refractivity contribution in [3.05, 3.63) is 34.9 Å². The molecule has 0 saturated carbocycles. The van der Waals surface area contributed by atoms with Crippen LogP contribution in [0.5, 0.6) is 0 Å². The summed E-state index contributed by atoms with van der Waals surface area (Å²) in [5, 5.41) is 1.27. The molecule has 1 aromatic carbocycles. The average Bonchev–Trinajstić information content (AvgIpc) is 2.44. The smallest absolute Gasteiger partial charge is 0.0610 e. The molecule has 0 aliphatic heterocycles. The molecule has 0 N–H and O–H groups in total. The van der Waals surface area contributed by atoms with Gasteiger partial charge in [-0.3, -0.25) is 3.97 Å². The minimum atomic E-state index is 1.15. The molecule has 0 atom stereocenters. The standard InChI is InChI=1S/C8H5BrINS/c9-7-5-11(12-10)8-4-2-1-3-6(7)8/h1-5H. The van der Waals surface area contributed by atoms with E-state index in [0.29, 0.717) is 0 Å². The molecule has 4 heteroatoms. The fourth-order valence-corrected chi connectivity index (χ4v) is 3.20. The van der Waals surface area contributed by atoms with Crippen LogP contribution in [0.1, 0.15) is 0 Å². The minimum Gasteiger partial charge on any atom is -0.281 e. The molecule has 0 spiro atoms. The fourth-order valence-electron chi connectivity index (χ4n) is 1.17. The predicted molar refractivity (Wildman–Crippen MR) is 66.6 cm³/mol. The summed E-state index contributed by atoms with van der Waals surface area (Å²) in [5.74, 6) is 0.